The molecule has 2 fully saturated rings. The number of nitrogens with zero attached hydrogens (tertiary/aromatic N) is 3. The van der Waals surface area contributed by atoms with Crippen LogP contribution in [0.15, 0.2) is 11.1 Å². The summed E-state index contributed by atoms with van der Waals surface area (Å²) in [6, 6.07) is 4.04. The molecule has 1 aromatic rings. The van der Waals surface area contributed by atoms with Crippen molar-refractivity contribution in [3.63, 3.8) is 0 Å². The van der Waals surface area contributed by atoms with Crippen molar-refractivity contribution in [1.82, 2.24) is 9.88 Å². The first-order chi connectivity index (χ1) is 11.6. The Balaban J connectivity index is 1.96. The number of thioether (sulfide) groups is 1. The Morgan fingerprint density at radius 3 is 2.83 bits per heavy atom. The van der Waals surface area contributed by atoms with Gasteiger partial charge in [-0.25, -0.2) is 4.98 Å². The number of hydrogen-bond donors (Lipinski definition) is 0. The first-order valence-electron chi connectivity index (χ1n) is 8.51. The molecule has 1 saturated heterocycles. The number of nitriles is 1. The van der Waals surface area contributed by atoms with Crippen molar-refractivity contribution in [3.05, 3.63) is 22.9 Å². The Morgan fingerprint density at radius 2 is 2.25 bits per heavy atom. The van der Waals surface area contributed by atoms with Crippen molar-refractivity contribution in [2.45, 2.75) is 56.3 Å². The number of rotatable bonds is 4. The van der Waals surface area contributed by atoms with Gasteiger partial charge in [-0.05, 0) is 38.5 Å². The van der Waals surface area contributed by atoms with E-state index < -0.39 is 0 Å². The molecule has 24 heavy (non-hydrogen) atoms. The van der Waals surface area contributed by atoms with Gasteiger partial charge in [0.2, 0.25) is 0 Å². The van der Waals surface area contributed by atoms with E-state index in [0.717, 1.165) is 25.0 Å². The van der Waals surface area contributed by atoms with Crippen molar-refractivity contribution in [2.24, 2.45) is 0 Å². The number of carbonyl (C=O) groups excluding carboxylic acids is 1. The topological polar surface area (TPSA) is 66.2 Å². The molecule has 1 saturated carbocycles. The molecule has 1 amide bonds. The standard InChI is InChI=1S/C18H23N3O2S/c1-4-13-10-21(9-11(2)23-13)18(22)14-7-16(12-5-6-12)20-17(24-3)15(14)8-19/h7,11-13H,4-6,9-10H2,1-3H3/t11-,13-/m1/s1. The normalized spacial score (nSPS) is 23.8. The van der Waals surface area contributed by atoms with Crippen LogP contribution in [0.2, 0.25) is 0 Å². The molecule has 128 valence electrons. The zero-order valence-electron chi connectivity index (χ0n) is 14.4. The third kappa shape index (κ3) is 3.42. The van der Waals surface area contributed by atoms with E-state index in [2.05, 4.69) is 18.0 Å². The second-order valence-corrected chi connectivity index (χ2v) is 7.35. The van der Waals surface area contributed by atoms with Crippen LogP contribution in [0, 0.1) is 11.3 Å². The zero-order chi connectivity index (χ0) is 17.3. The lowest BCUT2D eigenvalue weighted by Gasteiger charge is -2.36. The third-order valence-electron chi connectivity index (χ3n) is 4.61. The van der Waals surface area contributed by atoms with Gasteiger partial charge in [-0.1, -0.05) is 6.92 Å². The Labute approximate surface area is 147 Å². The minimum absolute atomic E-state index is 0.0166. The quantitative estimate of drug-likeness (QED) is 0.784. The fraction of sp³-hybridized carbons (Fsp3) is 0.611. The minimum atomic E-state index is -0.0697. The van der Waals surface area contributed by atoms with Crippen LogP contribution in [0.1, 0.15) is 60.6 Å². The highest BCUT2D eigenvalue weighted by Crippen LogP contribution is 2.40. The summed E-state index contributed by atoms with van der Waals surface area (Å²) in [5.41, 5.74) is 1.86. The highest BCUT2D eigenvalue weighted by atomic mass is 32.2. The molecule has 1 aromatic heterocycles. The molecule has 1 aliphatic heterocycles. The Bertz CT molecular complexity index is 682. The number of morpholine rings is 1. The summed E-state index contributed by atoms with van der Waals surface area (Å²) >= 11 is 1.43. The van der Waals surface area contributed by atoms with E-state index in [9.17, 15) is 10.1 Å². The second-order valence-electron chi connectivity index (χ2n) is 6.55. The SMILES string of the molecule is CC[C@@H]1CN(C(=O)c2cc(C3CC3)nc(SC)c2C#N)C[C@@H](C)O1. The minimum Gasteiger partial charge on any atom is -0.372 e. The van der Waals surface area contributed by atoms with Gasteiger partial charge in [-0.2, -0.15) is 5.26 Å². The molecule has 0 aromatic carbocycles. The molecule has 2 heterocycles. The van der Waals surface area contributed by atoms with Gasteiger partial charge in [0.1, 0.15) is 11.1 Å². The van der Waals surface area contributed by atoms with Crippen molar-refractivity contribution in [2.75, 3.05) is 19.3 Å². The molecule has 0 unspecified atom stereocenters. The average Bonchev–Trinajstić information content (AvgIpc) is 3.44. The zero-order valence-corrected chi connectivity index (χ0v) is 15.2. The van der Waals surface area contributed by atoms with Crippen LogP contribution in [0.5, 0.6) is 0 Å². The van der Waals surface area contributed by atoms with Gasteiger partial charge in [-0.3, -0.25) is 4.79 Å². The number of ether oxygens (including phenoxy) is 1. The van der Waals surface area contributed by atoms with Crippen LogP contribution in [-0.2, 0) is 4.74 Å². The molecular formula is C18H23N3O2S. The van der Waals surface area contributed by atoms with Gasteiger partial charge in [0, 0.05) is 24.7 Å². The number of pyridine rings is 1. The van der Waals surface area contributed by atoms with Crippen molar-refractivity contribution in [3.8, 4) is 6.07 Å². The van der Waals surface area contributed by atoms with Crippen molar-refractivity contribution in [1.29, 1.82) is 5.26 Å². The second kappa shape index (κ2) is 7.12. The maximum absolute atomic E-state index is 13.1. The third-order valence-corrected chi connectivity index (χ3v) is 5.29. The molecular weight excluding hydrogens is 322 g/mol. The van der Waals surface area contributed by atoms with Crippen LogP contribution < -0.4 is 0 Å². The summed E-state index contributed by atoms with van der Waals surface area (Å²) in [7, 11) is 0. The van der Waals surface area contributed by atoms with Gasteiger partial charge in [0.25, 0.3) is 5.91 Å². The summed E-state index contributed by atoms with van der Waals surface area (Å²) in [6.07, 6.45) is 5.09. The van der Waals surface area contributed by atoms with Crippen LogP contribution in [-0.4, -0.2) is 47.3 Å². The molecule has 0 N–H and O–H groups in total. The molecule has 5 nitrogen and oxygen atoms in total. The summed E-state index contributed by atoms with van der Waals surface area (Å²) in [4.78, 5) is 19.6. The summed E-state index contributed by atoms with van der Waals surface area (Å²) in [5.74, 6) is 0.377. The van der Waals surface area contributed by atoms with Crippen molar-refractivity contribution >= 4 is 17.7 Å². The maximum atomic E-state index is 13.1. The van der Waals surface area contributed by atoms with E-state index in [1.54, 1.807) is 0 Å². The van der Waals surface area contributed by atoms with Crippen LogP contribution in [0.3, 0.4) is 0 Å². The monoisotopic (exact) mass is 345 g/mol. The number of carbonyl (C=O) groups is 1. The lowest BCUT2D eigenvalue weighted by Crippen LogP contribution is -2.49. The highest BCUT2D eigenvalue weighted by Gasteiger charge is 2.32. The summed E-state index contributed by atoms with van der Waals surface area (Å²) in [5, 5.41) is 10.2. The maximum Gasteiger partial charge on any atom is 0.255 e. The van der Waals surface area contributed by atoms with Crippen LogP contribution >= 0.6 is 11.8 Å². The Morgan fingerprint density at radius 1 is 1.50 bits per heavy atom. The summed E-state index contributed by atoms with van der Waals surface area (Å²) < 4.78 is 5.85. The Kier molecular flexibility index (Phi) is 5.12. The first kappa shape index (κ1) is 17.2. The molecule has 0 spiro atoms. The fourth-order valence-electron chi connectivity index (χ4n) is 3.16. The predicted molar refractivity (Wildman–Crippen MR) is 93.2 cm³/mol. The number of amides is 1. The lowest BCUT2D eigenvalue weighted by molar-refractivity contribution is -0.0681. The van der Waals surface area contributed by atoms with Crippen LogP contribution in [0.25, 0.3) is 0 Å². The van der Waals surface area contributed by atoms with Gasteiger partial charge in [-0.15, -0.1) is 11.8 Å². The molecule has 3 rings (SSSR count). The number of hydrogen-bond acceptors (Lipinski definition) is 5. The largest absolute Gasteiger partial charge is 0.372 e. The molecule has 2 atom stereocenters. The fourth-order valence-corrected chi connectivity index (χ4v) is 3.72. The average molecular weight is 345 g/mol. The lowest BCUT2D eigenvalue weighted by atomic mass is 10.1. The van der Waals surface area contributed by atoms with E-state index in [1.165, 1.54) is 11.8 Å². The molecule has 0 bridgehead atoms. The predicted octanol–water partition coefficient (Wildman–Crippen LogP) is 3.19. The van der Waals surface area contributed by atoms with Crippen molar-refractivity contribution < 1.29 is 9.53 Å². The van der Waals surface area contributed by atoms with E-state index >= 15 is 0 Å². The Hall–Kier alpha value is -1.58. The van der Waals surface area contributed by atoms with Gasteiger partial charge < -0.3 is 9.64 Å². The highest BCUT2D eigenvalue weighted by molar-refractivity contribution is 7.98. The molecule has 6 heteroatoms. The molecule has 0 radical (unpaired) electrons. The molecule has 2 aliphatic rings. The van der Waals surface area contributed by atoms with Gasteiger partial charge >= 0.3 is 0 Å². The van der Waals surface area contributed by atoms with E-state index in [-0.39, 0.29) is 18.1 Å². The summed E-state index contributed by atoms with van der Waals surface area (Å²) in [6.45, 7) is 5.20. The van der Waals surface area contributed by atoms with Crippen LogP contribution in [0.4, 0.5) is 0 Å². The van der Waals surface area contributed by atoms with Gasteiger partial charge in [0.05, 0.1) is 23.3 Å². The number of aromatic nitrogens is 1. The van der Waals surface area contributed by atoms with E-state index in [1.807, 2.05) is 24.1 Å². The van der Waals surface area contributed by atoms with Gasteiger partial charge in [0.15, 0.2) is 0 Å². The molecule has 1 aliphatic carbocycles. The van der Waals surface area contributed by atoms with E-state index in [4.69, 9.17) is 4.74 Å². The smallest absolute Gasteiger partial charge is 0.255 e. The first-order valence-corrected chi connectivity index (χ1v) is 9.73. The van der Waals surface area contributed by atoms with E-state index in [0.29, 0.717) is 35.2 Å².